The number of aromatic nitrogens is 4. The first-order valence-electron chi connectivity index (χ1n) is 8.07. The highest BCUT2D eigenvalue weighted by atomic mass is 16.5. The molecular formula is C18H17N5O2. The molecule has 0 N–H and O–H groups in total. The molecule has 0 fully saturated rings. The zero-order chi connectivity index (χ0) is 17.1. The van der Waals surface area contributed by atoms with Gasteiger partial charge in [-0.2, -0.15) is 10.2 Å². The van der Waals surface area contributed by atoms with E-state index in [4.69, 9.17) is 4.74 Å². The Bertz CT molecular complexity index is 850. The van der Waals surface area contributed by atoms with Gasteiger partial charge in [0, 0.05) is 24.2 Å². The summed E-state index contributed by atoms with van der Waals surface area (Å²) in [6.07, 6.45) is 6.52. The fraction of sp³-hybridized carbons (Fsp3) is 0.222. The Balaban J connectivity index is 1.60. The van der Waals surface area contributed by atoms with Crippen LogP contribution in [-0.4, -0.2) is 43.2 Å². The number of pyridine rings is 1. The van der Waals surface area contributed by atoms with Crippen molar-refractivity contribution < 1.29 is 9.53 Å². The van der Waals surface area contributed by atoms with Crippen molar-refractivity contribution in [3.8, 4) is 5.88 Å². The van der Waals surface area contributed by atoms with Gasteiger partial charge in [0.1, 0.15) is 6.10 Å². The first kappa shape index (κ1) is 15.3. The molecule has 0 saturated heterocycles. The van der Waals surface area contributed by atoms with E-state index in [-0.39, 0.29) is 12.0 Å². The summed E-state index contributed by atoms with van der Waals surface area (Å²) < 4.78 is 8.14. The minimum Gasteiger partial charge on any atom is -0.471 e. The van der Waals surface area contributed by atoms with Crippen molar-refractivity contribution in [2.75, 3.05) is 6.54 Å². The molecule has 0 bridgehead atoms. The summed E-state index contributed by atoms with van der Waals surface area (Å²) in [5, 5.41) is 7.53. The molecular weight excluding hydrogens is 318 g/mol. The number of fused-ring (bicyclic) bond motifs is 1. The van der Waals surface area contributed by atoms with E-state index in [1.807, 2.05) is 36.5 Å². The molecule has 126 valence electrons. The van der Waals surface area contributed by atoms with Crippen molar-refractivity contribution >= 4 is 5.91 Å². The minimum atomic E-state index is -0.192. The van der Waals surface area contributed by atoms with Crippen LogP contribution in [0.3, 0.4) is 0 Å². The van der Waals surface area contributed by atoms with Gasteiger partial charge in [0.15, 0.2) is 0 Å². The number of ether oxygens (including phenoxy) is 1. The molecule has 4 heterocycles. The van der Waals surface area contributed by atoms with E-state index in [9.17, 15) is 4.79 Å². The van der Waals surface area contributed by atoms with E-state index in [0.29, 0.717) is 31.1 Å². The Hall–Kier alpha value is -3.22. The normalized spacial score (nSPS) is 16.8. The average Bonchev–Trinajstić information content (AvgIpc) is 3.01. The number of hydrogen-bond acceptors (Lipinski definition) is 5. The van der Waals surface area contributed by atoms with Crippen LogP contribution in [0, 0.1) is 0 Å². The lowest BCUT2D eigenvalue weighted by Crippen LogP contribution is -2.38. The van der Waals surface area contributed by atoms with E-state index in [0.717, 1.165) is 5.69 Å². The maximum Gasteiger partial charge on any atom is 0.256 e. The predicted molar refractivity (Wildman–Crippen MR) is 89.9 cm³/mol. The lowest BCUT2D eigenvalue weighted by atomic mass is 10.2. The molecule has 0 spiro atoms. The van der Waals surface area contributed by atoms with Gasteiger partial charge < -0.3 is 14.2 Å². The number of hydrogen-bond donors (Lipinski definition) is 0. The second-order valence-electron chi connectivity index (χ2n) is 5.88. The Morgan fingerprint density at radius 3 is 2.84 bits per heavy atom. The molecule has 0 aromatic carbocycles. The van der Waals surface area contributed by atoms with Gasteiger partial charge in [-0.3, -0.25) is 4.79 Å². The molecule has 0 radical (unpaired) electrons. The van der Waals surface area contributed by atoms with Gasteiger partial charge in [-0.05, 0) is 24.3 Å². The van der Waals surface area contributed by atoms with Crippen molar-refractivity contribution in [3.05, 3.63) is 72.4 Å². The minimum absolute atomic E-state index is 0.0841. The van der Waals surface area contributed by atoms with Crippen LogP contribution in [0.4, 0.5) is 0 Å². The number of carbonyl (C=O) groups is 1. The van der Waals surface area contributed by atoms with Crippen LogP contribution in [0.1, 0.15) is 16.1 Å². The lowest BCUT2D eigenvalue weighted by Gasteiger charge is -2.24. The highest BCUT2D eigenvalue weighted by Gasteiger charge is 2.27. The molecule has 1 amide bonds. The van der Waals surface area contributed by atoms with E-state index < -0.39 is 0 Å². The molecule has 1 atom stereocenters. The standard InChI is InChI=1S/C18H17N5O2/c24-18(14-6-8-20-21-10-14)23-11-15-4-3-9-22(15)12-16(13-23)25-17-5-1-2-7-19-17/h1-10,16H,11-13H2. The largest absolute Gasteiger partial charge is 0.471 e. The number of nitrogens with zero attached hydrogens (tertiary/aromatic N) is 5. The molecule has 0 aliphatic carbocycles. The van der Waals surface area contributed by atoms with E-state index in [2.05, 4.69) is 19.7 Å². The first-order chi connectivity index (χ1) is 12.3. The predicted octanol–water partition coefficient (Wildman–Crippen LogP) is 1.78. The summed E-state index contributed by atoms with van der Waals surface area (Å²) in [5.74, 6) is 0.472. The molecule has 7 heteroatoms. The van der Waals surface area contributed by atoms with Crippen molar-refractivity contribution in [1.82, 2.24) is 24.6 Å². The van der Waals surface area contributed by atoms with Crippen LogP contribution in [0.2, 0.25) is 0 Å². The molecule has 7 nitrogen and oxygen atoms in total. The topological polar surface area (TPSA) is 73.1 Å². The third-order valence-electron chi connectivity index (χ3n) is 4.14. The lowest BCUT2D eigenvalue weighted by molar-refractivity contribution is 0.0645. The smallest absolute Gasteiger partial charge is 0.256 e. The maximum atomic E-state index is 12.9. The Morgan fingerprint density at radius 1 is 1.08 bits per heavy atom. The molecule has 3 aromatic rings. The van der Waals surface area contributed by atoms with Gasteiger partial charge >= 0.3 is 0 Å². The summed E-state index contributed by atoms with van der Waals surface area (Å²) >= 11 is 0. The summed E-state index contributed by atoms with van der Waals surface area (Å²) in [5.41, 5.74) is 1.59. The molecule has 4 rings (SSSR count). The third-order valence-corrected chi connectivity index (χ3v) is 4.14. The Labute approximate surface area is 144 Å². The summed E-state index contributed by atoms with van der Waals surface area (Å²) in [6, 6.07) is 11.2. The average molecular weight is 335 g/mol. The number of carbonyl (C=O) groups excluding carboxylic acids is 1. The summed E-state index contributed by atoms with van der Waals surface area (Å²) in [4.78, 5) is 18.9. The zero-order valence-electron chi connectivity index (χ0n) is 13.5. The van der Waals surface area contributed by atoms with Crippen LogP contribution in [0.15, 0.2) is 61.2 Å². The third kappa shape index (κ3) is 3.35. The van der Waals surface area contributed by atoms with Crippen molar-refractivity contribution in [2.24, 2.45) is 0 Å². The van der Waals surface area contributed by atoms with Gasteiger partial charge in [-0.25, -0.2) is 4.98 Å². The second-order valence-corrected chi connectivity index (χ2v) is 5.88. The molecule has 3 aromatic heterocycles. The Morgan fingerprint density at radius 2 is 2.04 bits per heavy atom. The van der Waals surface area contributed by atoms with E-state index in [1.54, 1.807) is 17.2 Å². The fourth-order valence-electron chi connectivity index (χ4n) is 2.97. The van der Waals surface area contributed by atoms with E-state index >= 15 is 0 Å². The summed E-state index contributed by atoms with van der Waals surface area (Å²) in [6.45, 7) is 1.66. The molecule has 1 aliphatic rings. The summed E-state index contributed by atoms with van der Waals surface area (Å²) in [7, 11) is 0. The highest BCUT2D eigenvalue weighted by Crippen LogP contribution is 2.19. The van der Waals surface area contributed by atoms with Gasteiger partial charge in [0.2, 0.25) is 5.88 Å². The van der Waals surface area contributed by atoms with Crippen LogP contribution < -0.4 is 4.74 Å². The SMILES string of the molecule is O=C(c1ccnnc1)N1Cc2cccn2CC(Oc2ccccn2)C1. The van der Waals surface area contributed by atoms with Crippen molar-refractivity contribution in [1.29, 1.82) is 0 Å². The van der Waals surface area contributed by atoms with Gasteiger partial charge in [-0.1, -0.05) is 6.07 Å². The maximum absolute atomic E-state index is 12.9. The van der Waals surface area contributed by atoms with Crippen LogP contribution in [-0.2, 0) is 13.1 Å². The molecule has 0 saturated carbocycles. The Kier molecular flexibility index (Phi) is 4.12. The fourth-order valence-corrected chi connectivity index (χ4v) is 2.97. The first-order valence-corrected chi connectivity index (χ1v) is 8.07. The van der Waals surface area contributed by atoms with E-state index in [1.165, 1.54) is 12.4 Å². The van der Waals surface area contributed by atoms with Gasteiger partial charge in [0.25, 0.3) is 5.91 Å². The molecule has 25 heavy (non-hydrogen) atoms. The van der Waals surface area contributed by atoms with Crippen LogP contribution in [0.5, 0.6) is 5.88 Å². The van der Waals surface area contributed by atoms with Crippen molar-refractivity contribution in [3.63, 3.8) is 0 Å². The number of amides is 1. The van der Waals surface area contributed by atoms with Gasteiger partial charge in [0.05, 0.1) is 37.6 Å². The quantitative estimate of drug-likeness (QED) is 0.729. The second kappa shape index (κ2) is 6.72. The monoisotopic (exact) mass is 335 g/mol. The van der Waals surface area contributed by atoms with Gasteiger partial charge in [-0.15, -0.1) is 0 Å². The number of rotatable bonds is 3. The molecule has 1 unspecified atom stereocenters. The van der Waals surface area contributed by atoms with Crippen LogP contribution in [0.25, 0.3) is 0 Å². The zero-order valence-corrected chi connectivity index (χ0v) is 13.5. The molecule has 1 aliphatic heterocycles. The van der Waals surface area contributed by atoms with Crippen LogP contribution >= 0.6 is 0 Å². The highest BCUT2D eigenvalue weighted by molar-refractivity contribution is 5.93. The van der Waals surface area contributed by atoms with Crippen molar-refractivity contribution in [2.45, 2.75) is 19.2 Å².